The molecule has 4 aliphatic rings. The van der Waals surface area contributed by atoms with Gasteiger partial charge in [0.1, 0.15) is 0 Å². The van der Waals surface area contributed by atoms with Gasteiger partial charge in [-0.25, -0.2) is 0 Å². The second-order valence-corrected chi connectivity index (χ2v) is 16.7. The molecule has 0 aromatic heterocycles. The normalized spacial score (nSPS) is 17.2. The second kappa shape index (κ2) is 13.6. The molecule has 7 aromatic carbocycles. The minimum absolute atomic E-state index is 0.0799. The van der Waals surface area contributed by atoms with Crippen molar-refractivity contribution < 1.29 is 0 Å². The summed E-state index contributed by atoms with van der Waals surface area (Å²) >= 11 is 0. The van der Waals surface area contributed by atoms with E-state index in [2.05, 4.69) is 219 Å². The van der Waals surface area contributed by atoms with Crippen molar-refractivity contribution in [3.63, 3.8) is 0 Å². The fourth-order valence-corrected chi connectivity index (χ4v) is 10.9. The molecular formula is C58H45N. The highest BCUT2D eigenvalue weighted by Gasteiger charge is 2.52. The standard InChI is InChI=1S/C58H45N/c1-4-5-7-31-55(40-19-8-6-9-20-40)59(42-36-37-47-44-21-10-14-26-49(44)57(2,3)54(47)38-42)41-34-32-39(33-35-41)43-25-18-30-53-56(43)48-24-13-17-29-52(48)58(53)50-27-15-11-22-45(50)46-23-12-16-28-51(46)58/h4-34,36-38,41H,1,35H2,2-3H3/b7-5-,55-31+. The third kappa shape index (κ3) is 5.11. The molecular weight excluding hydrogens is 711 g/mol. The van der Waals surface area contributed by atoms with Crippen molar-refractivity contribution in [2.45, 2.75) is 37.1 Å². The smallest absolute Gasteiger partial charge is 0.0725 e. The number of hydrogen-bond donors (Lipinski definition) is 0. The molecule has 0 amide bonds. The van der Waals surface area contributed by atoms with E-state index in [1.54, 1.807) is 0 Å². The van der Waals surface area contributed by atoms with E-state index >= 15 is 0 Å². The van der Waals surface area contributed by atoms with Crippen LogP contribution in [0.15, 0.2) is 213 Å². The van der Waals surface area contributed by atoms with Gasteiger partial charge in [-0.1, -0.05) is 209 Å². The van der Waals surface area contributed by atoms with Crippen molar-refractivity contribution in [3.8, 4) is 33.4 Å². The zero-order valence-corrected chi connectivity index (χ0v) is 33.6. The van der Waals surface area contributed by atoms with Gasteiger partial charge in [0.25, 0.3) is 0 Å². The van der Waals surface area contributed by atoms with E-state index in [1.165, 1.54) is 89.1 Å². The first kappa shape index (κ1) is 35.2. The number of hydrogen-bond acceptors (Lipinski definition) is 1. The summed E-state index contributed by atoms with van der Waals surface area (Å²) in [6.07, 6.45) is 16.4. The first-order valence-electron chi connectivity index (χ1n) is 20.9. The van der Waals surface area contributed by atoms with E-state index in [-0.39, 0.29) is 16.9 Å². The van der Waals surface area contributed by atoms with Gasteiger partial charge < -0.3 is 4.90 Å². The summed E-state index contributed by atoms with van der Waals surface area (Å²) in [6.45, 7) is 8.70. The van der Waals surface area contributed by atoms with E-state index in [9.17, 15) is 0 Å². The lowest BCUT2D eigenvalue weighted by atomic mass is 9.70. The lowest BCUT2D eigenvalue weighted by molar-refractivity contribution is 0.659. The predicted octanol–water partition coefficient (Wildman–Crippen LogP) is 14.3. The van der Waals surface area contributed by atoms with Crippen LogP contribution in [0.3, 0.4) is 0 Å². The van der Waals surface area contributed by atoms with Gasteiger partial charge >= 0.3 is 0 Å². The number of benzene rings is 7. The van der Waals surface area contributed by atoms with E-state index in [1.807, 2.05) is 12.2 Å². The molecule has 0 N–H and O–H groups in total. The molecule has 7 aromatic rings. The highest BCUT2D eigenvalue weighted by Crippen LogP contribution is 2.63. The topological polar surface area (TPSA) is 3.24 Å². The molecule has 1 unspecified atom stereocenters. The fourth-order valence-electron chi connectivity index (χ4n) is 10.9. The third-order valence-electron chi connectivity index (χ3n) is 13.4. The fraction of sp³-hybridized carbons (Fsp3) is 0.103. The first-order chi connectivity index (χ1) is 29.0. The van der Waals surface area contributed by atoms with Gasteiger partial charge in [0, 0.05) is 16.8 Å². The Labute approximate surface area is 348 Å². The maximum Gasteiger partial charge on any atom is 0.0725 e. The summed E-state index contributed by atoms with van der Waals surface area (Å²) in [5, 5.41) is 0. The molecule has 4 aliphatic carbocycles. The molecule has 1 nitrogen and oxygen atoms in total. The van der Waals surface area contributed by atoms with E-state index in [0.717, 1.165) is 12.1 Å². The highest BCUT2D eigenvalue weighted by molar-refractivity contribution is 6.00. The van der Waals surface area contributed by atoms with Crippen molar-refractivity contribution in [3.05, 3.63) is 257 Å². The molecule has 1 heteroatoms. The summed E-state index contributed by atoms with van der Waals surface area (Å²) in [7, 11) is 0. The molecule has 0 saturated carbocycles. The van der Waals surface area contributed by atoms with Gasteiger partial charge in [-0.15, -0.1) is 0 Å². The Morgan fingerprint density at radius 3 is 1.78 bits per heavy atom. The van der Waals surface area contributed by atoms with E-state index in [0.29, 0.717) is 0 Å². The molecule has 282 valence electrons. The molecule has 1 spiro atoms. The van der Waals surface area contributed by atoms with Gasteiger partial charge in [-0.05, 0) is 108 Å². The van der Waals surface area contributed by atoms with Crippen molar-refractivity contribution in [2.24, 2.45) is 0 Å². The van der Waals surface area contributed by atoms with E-state index < -0.39 is 0 Å². The number of allylic oxidation sites excluding steroid dienone is 6. The predicted molar refractivity (Wildman–Crippen MR) is 249 cm³/mol. The molecule has 1 atom stereocenters. The van der Waals surface area contributed by atoms with Crippen LogP contribution in [0.25, 0.3) is 44.7 Å². The minimum atomic E-state index is -0.358. The Bertz CT molecular complexity index is 2920. The molecule has 0 bridgehead atoms. The van der Waals surface area contributed by atoms with Crippen molar-refractivity contribution in [2.75, 3.05) is 4.90 Å². The summed E-state index contributed by atoms with van der Waals surface area (Å²) in [5.74, 6) is 0. The van der Waals surface area contributed by atoms with Gasteiger partial charge in [-0.3, -0.25) is 0 Å². The Balaban J connectivity index is 1.04. The maximum absolute atomic E-state index is 3.97. The summed E-state index contributed by atoms with van der Waals surface area (Å²) in [4.78, 5) is 2.55. The minimum Gasteiger partial charge on any atom is -0.334 e. The van der Waals surface area contributed by atoms with Crippen molar-refractivity contribution in [1.82, 2.24) is 0 Å². The summed E-state index contributed by atoms with van der Waals surface area (Å²) in [5.41, 5.74) is 21.9. The van der Waals surface area contributed by atoms with Crippen LogP contribution in [0, 0.1) is 0 Å². The van der Waals surface area contributed by atoms with Gasteiger partial charge in [0.15, 0.2) is 0 Å². The van der Waals surface area contributed by atoms with Gasteiger partial charge in [0.05, 0.1) is 11.5 Å². The van der Waals surface area contributed by atoms with Crippen LogP contribution in [-0.4, -0.2) is 6.04 Å². The number of fused-ring (bicyclic) bond motifs is 13. The zero-order chi connectivity index (χ0) is 39.7. The average molecular weight is 756 g/mol. The Morgan fingerprint density at radius 1 is 0.559 bits per heavy atom. The van der Waals surface area contributed by atoms with Crippen molar-refractivity contribution in [1.29, 1.82) is 0 Å². The van der Waals surface area contributed by atoms with Gasteiger partial charge in [0.2, 0.25) is 0 Å². The lowest BCUT2D eigenvalue weighted by Gasteiger charge is -2.36. The van der Waals surface area contributed by atoms with Crippen LogP contribution in [0.5, 0.6) is 0 Å². The SMILES string of the molecule is C=C/C=C\C=C(/c1ccccc1)N(c1ccc2c(c1)C(C)(C)c1ccccc1-2)C1C=CC(c2cccc3c2-c2ccccc2C32c3ccccc3-c3ccccc32)=CC1. The molecule has 0 radical (unpaired) electrons. The summed E-state index contributed by atoms with van der Waals surface area (Å²) < 4.78 is 0. The van der Waals surface area contributed by atoms with Crippen molar-refractivity contribution >= 4 is 17.0 Å². The monoisotopic (exact) mass is 755 g/mol. The average Bonchev–Trinajstić information content (AvgIpc) is 3.85. The molecule has 0 saturated heterocycles. The van der Waals surface area contributed by atoms with Crippen LogP contribution in [0.4, 0.5) is 5.69 Å². The molecule has 0 aliphatic heterocycles. The Hall–Kier alpha value is -6.96. The van der Waals surface area contributed by atoms with Gasteiger partial charge in [-0.2, -0.15) is 0 Å². The number of nitrogens with zero attached hydrogens (tertiary/aromatic N) is 1. The van der Waals surface area contributed by atoms with Crippen LogP contribution < -0.4 is 4.90 Å². The Kier molecular flexibility index (Phi) is 8.10. The van der Waals surface area contributed by atoms with Crippen LogP contribution >= 0.6 is 0 Å². The van der Waals surface area contributed by atoms with Crippen LogP contribution in [-0.2, 0) is 10.8 Å². The van der Waals surface area contributed by atoms with E-state index in [4.69, 9.17) is 0 Å². The first-order valence-corrected chi connectivity index (χ1v) is 20.9. The highest BCUT2D eigenvalue weighted by atomic mass is 15.2. The lowest BCUT2D eigenvalue weighted by Crippen LogP contribution is -2.33. The quantitative estimate of drug-likeness (QED) is 0.146. The molecule has 0 fully saturated rings. The summed E-state index contributed by atoms with van der Waals surface area (Å²) in [6, 6.07) is 61.2. The Morgan fingerprint density at radius 2 is 1.12 bits per heavy atom. The third-order valence-corrected chi connectivity index (χ3v) is 13.4. The molecule has 0 heterocycles. The molecule has 59 heavy (non-hydrogen) atoms. The number of rotatable bonds is 7. The largest absolute Gasteiger partial charge is 0.334 e. The maximum atomic E-state index is 3.97. The second-order valence-electron chi connectivity index (χ2n) is 16.7. The van der Waals surface area contributed by atoms with Crippen LogP contribution in [0.1, 0.15) is 64.8 Å². The zero-order valence-electron chi connectivity index (χ0n) is 33.6. The van der Waals surface area contributed by atoms with Crippen LogP contribution in [0.2, 0.25) is 0 Å². The number of anilines is 1. The molecule has 11 rings (SSSR count).